The number of benzene rings is 2. The molecule has 25 heavy (non-hydrogen) atoms. The summed E-state index contributed by atoms with van der Waals surface area (Å²) in [6.45, 7) is 4.17. The normalized spacial score (nSPS) is 33.2. The predicted molar refractivity (Wildman–Crippen MR) is 97.2 cm³/mol. The molecule has 0 amide bonds. The maximum absolute atomic E-state index is 6.47. The van der Waals surface area contributed by atoms with E-state index < -0.39 is 11.6 Å². The van der Waals surface area contributed by atoms with Crippen LogP contribution in [0.2, 0.25) is 0 Å². The Morgan fingerprint density at radius 2 is 1.08 bits per heavy atom. The third-order valence-electron chi connectivity index (χ3n) is 5.43. The van der Waals surface area contributed by atoms with E-state index in [9.17, 15) is 0 Å². The van der Waals surface area contributed by atoms with Crippen LogP contribution in [0.4, 0.5) is 0 Å². The summed E-state index contributed by atoms with van der Waals surface area (Å²) in [5.74, 6) is -0.978. The fourth-order valence-electron chi connectivity index (χ4n) is 3.59. The van der Waals surface area contributed by atoms with Crippen LogP contribution in [0.5, 0.6) is 0 Å². The van der Waals surface area contributed by atoms with Crippen LogP contribution in [0, 0.1) is 0 Å². The van der Waals surface area contributed by atoms with Crippen molar-refractivity contribution in [2.45, 2.75) is 63.3 Å². The molecule has 4 rings (SSSR count). The van der Waals surface area contributed by atoms with Gasteiger partial charge >= 0.3 is 0 Å². The lowest BCUT2D eigenvalue weighted by atomic mass is 10.0. The summed E-state index contributed by atoms with van der Waals surface area (Å²) in [4.78, 5) is 0. The lowest BCUT2D eigenvalue weighted by Crippen LogP contribution is -2.32. The molecule has 2 aliphatic heterocycles. The van der Waals surface area contributed by atoms with Crippen molar-refractivity contribution in [2.75, 3.05) is 0 Å². The first kappa shape index (κ1) is 16.8. The average Bonchev–Trinajstić information content (AvgIpc) is 3.49. The second-order valence-electron chi connectivity index (χ2n) is 7.22. The van der Waals surface area contributed by atoms with E-state index in [2.05, 4.69) is 62.4 Å². The van der Waals surface area contributed by atoms with Crippen LogP contribution in [0.3, 0.4) is 0 Å². The average molecular weight is 338 g/mol. The number of aryl methyl sites for hydroxylation is 2. The summed E-state index contributed by atoms with van der Waals surface area (Å²) in [6.07, 6.45) is 3.88. The van der Waals surface area contributed by atoms with Crippen LogP contribution >= 0.6 is 0 Å². The minimum absolute atomic E-state index is 0.126. The van der Waals surface area contributed by atoms with Crippen LogP contribution < -0.4 is 0 Å². The van der Waals surface area contributed by atoms with Gasteiger partial charge in [-0.2, -0.15) is 0 Å². The standard InChI is InChI=1S/C22H26O3/c1-17-21(23-17,15-13-19-9-5-3-6-10-19)25-22(18(2)24-22)16-14-20-11-7-4-8-12-20/h3-12,17-18H,13-16H2,1-2H3. The zero-order valence-corrected chi connectivity index (χ0v) is 15.0. The summed E-state index contributed by atoms with van der Waals surface area (Å²) in [5.41, 5.74) is 2.63. The molecule has 2 fully saturated rings. The fourth-order valence-corrected chi connectivity index (χ4v) is 3.59. The maximum atomic E-state index is 6.47. The van der Waals surface area contributed by atoms with Gasteiger partial charge in [-0.15, -0.1) is 0 Å². The van der Waals surface area contributed by atoms with E-state index in [-0.39, 0.29) is 12.2 Å². The number of hydrogen-bond acceptors (Lipinski definition) is 3. The van der Waals surface area contributed by atoms with E-state index in [1.165, 1.54) is 11.1 Å². The summed E-state index contributed by atoms with van der Waals surface area (Å²) in [6, 6.07) is 21.0. The number of epoxide rings is 2. The van der Waals surface area contributed by atoms with Gasteiger partial charge in [0.1, 0.15) is 12.2 Å². The Hall–Kier alpha value is -1.68. The zero-order chi connectivity index (χ0) is 17.3. The molecule has 0 radical (unpaired) electrons. The highest BCUT2D eigenvalue weighted by Crippen LogP contribution is 2.52. The van der Waals surface area contributed by atoms with Gasteiger partial charge in [-0.25, -0.2) is 0 Å². The molecule has 2 saturated heterocycles. The van der Waals surface area contributed by atoms with Gasteiger partial charge in [0.15, 0.2) is 11.6 Å². The Kier molecular flexibility index (Phi) is 4.40. The van der Waals surface area contributed by atoms with Gasteiger partial charge in [-0.1, -0.05) is 60.7 Å². The van der Waals surface area contributed by atoms with Gasteiger partial charge in [-0.3, -0.25) is 0 Å². The monoisotopic (exact) mass is 338 g/mol. The molecule has 0 N–H and O–H groups in total. The first-order valence-corrected chi connectivity index (χ1v) is 9.26. The summed E-state index contributed by atoms with van der Waals surface area (Å²) < 4.78 is 18.3. The van der Waals surface area contributed by atoms with Crippen LogP contribution in [-0.4, -0.2) is 23.8 Å². The van der Waals surface area contributed by atoms with Crippen molar-refractivity contribution in [3.63, 3.8) is 0 Å². The first-order valence-electron chi connectivity index (χ1n) is 9.26. The van der Waals surface area contributed by atoms with Gasteiger partial charge in [0.25, 0.3) is 0 Å². The van der Waals surface area contributed by atoms with Gasteiger partial charge in [0.05, 0.1) is 0 Å². The molecule has 4 unspecified atom stereocenters. The molecule has 2 heterocycles. The van der Waals surface area contributed by atoms with Gasteiger partial charge in [0, 0.05) is 12.8 Å². The van der Waals surface area contributed by atoms with Crippen molar-refractivity contribution in [3.05, 3.63) is 71.8 Å². The lowest BCUT2D eigenvalue weighted by molar-refractivity contribution is -0.155. The molecule has 0 aromatic heterocycles. The second kappa shape index (κ2) is 6.56. The van der Waals surface area contributed by atoms with Crippen molar-refractivity contribution >= 4 is 0 Å². The van der Waals surface area contributed by atoms with E-state index in [0.717, 1.165) is 25.7 Å². The molecule has 2 aliphatic rings. The van der Waals surface area contributed by atoms with Crippen LogP contribution in [0.25, 0.3) is 0 Å². The molecule has 3 nitrogen and oxygen atoms in total. The molecule has 0 spiro atoms. The van der Waals surface area contributed by atoms with Crippen molar-refractivity contribution in [1.29, 1.82) is 0 Å². The van der Waals surface area contributed by atoms with E-state index >= 15 is 0 Å². The topological polar surface area (TPSA) is 34.3 Å². The lowest BCUT2D eigenvalue weighted by Gasteiger charge is -2.21. The first-order chi connectivity index (χ1) is 12.1. The Bertz CT molecular complexity index is 640. The van der Waals surface area contributed by atoms with Crippen LogP contribution in [-0.2, 0) is 27.1 Å². The molecule has 0 saturated carbocycles. The Labute approximate surface area is 149 Å². The van der Waals surface area contributed by atoms with E-state index in [4.69, 9.17) is 14.2 Å². The Morgan fingerprint density at radius 3 is 1.40 bits per heavy atom. The molecule has 2 aromatic carbocycles. The maximum Gasteiger partial charge on any atom is 0.198 e. The number of rotatable bonds is 8. The largest absolute Gasteiger partial charge is 0.339 e. The summed E-state index contributed by atoms with van der Waals surface area (Å²) in [7, 11) is 0. The smallest absolute Gasteiger partial charge is 0.198 e. The van der Waals surface area contributed by atoms with Crippen LogP contribution in [0.1, 0.15) is 37.8 Å². The van der Waals surface area contributed by atoms with Crippen LogP contribution in [0.15, 0.2) is 60.7 Å². The number of ether oxygens (including phenoxy) is 3. The fraction of sp³-hybridized carbons (Fsp3) is 0.455. The zero-order valence-electron chi connectivity index (χ0n) is 15.0. The minimum atomic E-state index is -0.489. The highest BCUT2D eigenvalue weighted by atomic mass is 16.9. The minimum Gasteiger partial charge on any atom is -0.339 e. The van der Waals surface area contributed by atoms with Crippen molar-refractivity contribution in [2.24, 2.45) is 0 Å². The van der Waals surface area contributed by atoms with Crippen molar-refractivity contribution in [3.8, 4) is 0 Å². The van der Waals surface area contributed by atoms with Gasteiger partial charge in [0.2, 0.25) is 0 Å². The second-order valence-corrected chi connectivity index (χ2v) is 7.22. The van der Waals surface area contributed by atoms with E-state index in [1.807, 2.05) is 12.1 Å². The number of hydrogen-bond donors (Lipinski definition) is 0. The predicted octanol–water partition coefficient (Wildman–Crippen LogP) is 4.50. The quantitative estimate of drug-likeness (QED) is 0.665. The summed E-state index contributed by atoms with van der Waals surface area (Å²) in [5, 5.41) is 0. The Morgan fingerprint density at radius 1 is 0.720 bits per heavy atom. The van der Waals surface area contributed by atoms with Crippen molar-refractivity contribution in [1.82, 2.24) is 0 Å². The summed E-state index contributed by atoms with van der Waals surface area (Å²) >= 11 is 0. The molecule has 0 bridgehead atoms. The third-order valence-corrected chi connectivity index (χ3v) is 5.43. The molecule has 2 aromatic rings. The molecular formula is C22H26O3. The molecule has 4 atom stereocenters. The molecule has 3 heteroatoms. The van der Waals surface area contributed by atoms with E-state index in [0.29, 0.717) is 0 Å². The van der Waals surface area contributed by atoms with E-state index in [1.54, 1.807) is 0 Å². The SMILES string of the molecule is CC1OC1(CCc1ccccc1)OC1(CCc2ccccc2)OC1C. The highest BCUT2D eigenvalue weighted by Gasteiger charge is 2.65. The van der Waals surface area contributed by atoms with Crippen molar-refractivity contribution < 1.29 is 14.2 Å². The molecule has 0 aliphatic carbocycles. The van der Waals surface area contributed by atoms with Gasteiger partial charge < -0.3 is 14.2 Å². The third kappa shape index (κ3) is 3.64. The van der Waals surface area contributed by atoms with Gasteiger partial charge in [-0.05, 0) is 37.8 Å². The molecule has 132 valence electrons. The Balaban J connectivity index is 1.38. The molecular weight excluding hydrogens is 312 g/mol. The highest BCUT2D eigenvalue weighted by molar-refractivity contribution is 5.17.